The Kier molecular flexibility index (Phi) is 4.82. The highest BCUT2D eigenvalue weighted by molar-refractivity contribution is 5.94. The summed E-state index contributed by atoms with van der Waals surface area (Å²) in [5, 5.41) is 12.0. The fourth-order valence-corrected chi connectivity index (χ4v) is 4.35. The van der Waals surface area contributed by atoms with E-state index in [2.05, 4.69) is 45.4 Å². The molecule has 1 aromatic heterocycles. The molecule has 1 saturated heterocycles. The molecule has 3 heterocycles. The fourth-order valence-electron chi connectivity index (χ4n) is 4.35. The van der Waals surface area contributed by atoms with Crippen molar-refractivity contribution in [3.63, 3.8) is 0 Å². The quantitative estimate of drug-likeness (QED) is 0.513. The maximum absolute atomic E-state index is 12.7. The molecule has 31 heavy (non-hydrogen) atoms. The Hall–Kier alpha value is -3.81. The molecule has 0 atom stereocenters. The number of non-ortho nitro benzene ring substituents is 1. The number of hydrogen-bond acceptors (Lipinski definition) is 5. The Morgan fingerprint density at radius 3 is 2.48 bits per heavy atom. The van der Waals surface area contributed by atoms with E-state index in [0.717, 1.165) is 30.8 Å². The Morgan fingerprint density at radius 1 is 1.03 bits per heavy atom. The second-order valence-corrected chi connectivity index (χ2v) is 7.99. The van der Waals surface area contributed by atoms with E-state index < -0.39 is 4.92 Å². The summed E-state index contributed by atoms with van der Waals surface area (Å²) >= 11 is 0. The van der Waals surface area contributed by atoms with Gasteiger partial charge < -0.3 is 19.7 Å². The van der Waals surface area contributed by atoms with Crippen LogP contribution in [-0.4, -0.2) is 51.4 Å². The zero-order valence-corrected chi connectivity index (χ0v) is 17.0. The second-order valence-electron chi connectivity index (χ2n) is 7.99. The lowest BCUT2D eigenvalue weighted by molar-refractivity contribution is -0.384. The number of rotatable bonds is 4. The van der Waals surface area contributed by atoms with Crippen LogP contribution in [0.2, 0.25) is 0 Å². The van der Waals surface area contributed by atoms with Gasteiger partial charge in [0.1, 0.15) is 5.82 Å². The number of fused-ring (bicyclic) bond motifs is 1. The van der Waals surface area contributed by atoms with Crippen LogP contribution in [0.3, 0.4) is 0 Å². The molecule has 0 unspecified atom stereocenters. The Bertz CT molecular complexity index is 1110. The topological polar surface area (TPSA) is 85.7 Å². The highest BCUT2D eigenvalue weighted by Crippen LogP contribution is 2.27. The average Bonchev–Trinajstić information content (AvgIpc) is 3.46. The fraction of sp³-hybridized carbons (Fsp3) is 0.261. The van der Waals surface area contributed by atoms with Crippen LogP contribution in [0.1, 0.15) is 23.2 Å². The summed E-state index contributed by atoms with van der Waals surface area (Å²) < 4.78 is 0. The Morgan fingerprint density at radius 2 is 1.77 bits per heavy atom. The van der Waals surface area contributed by atoms with Crippen LogP contribution in [-0.2, 0) is 0 Å². The number of aromatic nitrogens is 1. The van der Waals surface area contributed by atoms with Crippen LogP contribution in [0.5, 0.6) is 0 Å². The number of nitrogens with one attached hydrogen (secondary N) is 1. The third kappa shape index (κ3) is 3.72. The van der Waals surface area contributed by atoms with E-state index in [0.29, 0.717) is 24.7 Å². The minimum Gasteiger partial charge on any atom is -0.355 e. The van der Waals surface area contributed by atoms with Crippen LogP contribution in [0, 0.1) is 10.1 Å². The summed E-state index contributed by atoms with van der Waals surface area (Å²) in [6.07, 6.45) is 6.01. The zero-order valence-electron chi connectivity index (χ0n) is 17.0. The van der Waals surface area contributed by atoms with Crippen molar-refractivity contribution >= 4 is 28.3 Å². The number of nitrogens with zero attached hydrogens (tertiary/aromatic N) is 4. The molecular formula is C23H23N5O3. The van der Waals surface area contributed by atoms with Crippen LogP contribution in [0.15, 0.2) is 67.0 Å². The van der Waals surface area contributed by atoms with E-state index in [4.69, 9.17) is 0 Å². The van der Waals surface area contributed by atoms with Gasteiger partial charge in [-0.25, -0.2) is 0 Å². The van der Waals surface area contributed by atoms with Crippen molar-refractivity contribution in [1.29, 1.82) is 0 Å². The third-order valence-electron chi connectivity index (χ3n) is 6.12. The monoisotopic (exact) mass is 417 g/mol. The van der Waals surface area contributed by atoms with E-state index >= 15 is 0 Å². The number of para-hydroxylation sites is 1. The van der Waals surface area contributed by atoms with Crippen molar-refractivity contribution in [2.24, 2.45) is 0 Å². The van der Waals surface area contributed by atoms with Crippen LogP contribution in [0.25, 0.3) is 10.9 Å². The van der Waals surface area contributed by atoms with Crippen LogP contribution >= 0.6 is 0 Å². The summed E-state index contributed by atoms with van der Waals surface area (Å²) in [6, 6.07) is 16.6. The molecule has 8 nitrogen and oxygen atoms in total. The molecule has 5 rings (SSSR count). The number of aromatic amines is 1. The summed E-state index contributed by atoms with van der Waals surface area (Å²) in [4.78, 5) is 32.9. The molecule has 1 amide bonds. The first-order valence-corrected chi connectivity index (χ1v) is 10.4. The highest BCUT2D eigenvalue weighted by Gasteiger charge is 2.29. The number of nitro groups is 1. The van der Waals surface area contributed by atoms with Gasteiger partial charge in [0.15, 0.2) is 0 Å². The molecule has 158 valence electrons. The first-order chi connectivity index (χ1) is 15.1. The number of anilines is 1. The van der Waals surface area contributed by atoms with Gasteiger partial charge in [-0.15, -0.1) is 0 Å². The lowest BCUT2D eigenvalue weighted by atomic mass is 10.0. The Labute approximate surface area is 179 Å². The van der Waals surface area contributed by atoms with E-state index in [9.17, 15) is 14.9 Å². The van der Waals surface area contributed by atoms with Crippen molar-refractivity contribution in [1.82, 2.24) is 14.8 Å². The van der Waals surface area contributed by atoms with Crippen molar-refractivity contribution in [2.45, 2.75) is 18.9 Å². The molecule has 0 bridgehead atoms. The average molecular weight is 417 g/mol. The second kappa shape index (κ2) is 7.79. The van der Waals surface area contributed by atoms with Gasteiger partial charge in [0.05, 0.1) is 11.6 Å². The summed E-state index contributed by atoms with van der Waals surface area (Å²) in [6.45, 7) is 2.14. The van der Waals surface area contributed by atoms with Crippen molar-refractivity contribution in [3.05, 3.63) is 82.7 Å². The maximum atomic E-state index is 12.7. The van der Waals surface area contributed by atoms with Crippen molar-refractivity contribution in [3.8, 4) is 0 Å². The molecular weight excluding hydrogens is 394 g/mol. The van der Waals surface area contributed by atoms with Gasteiger partial charge in [-0.2, -0.15) is 0 Å². The molecule has 0 saturated carbocycles. The zero-order chi connectivity index (χ0) is 21.4. The van der Waals surface area contributed by atoms with Crippen LogP contribution in [0.4, 0.5) is 11.5 Å². The van der Waals surface area contributed by atoms with E-state index in [1.165, 1.54) is 29.7 Å². The number of amides is 1. The number of carbonyl (C=O) groups excluding carboxylic acids is 1. The number of benzene rings is 2. The first kappa shape index (κ1) is 19.2. The standard InChI is InChI=1S/C23H23N5O3/c29-23(17-5-7-20(8-6-17)28(30)31)25-11-9-19(10-12-25)26-13-14-27(16-26)22-15-18-3-1-2-4-21(18)24-22/h1-8,13-15,19,24H,9-12,16H2. The maximum Gasteiger partial charge on any atom is 0.269 e. The number of H-pyrrole nitrogens is 1. The van der Waals surface area contributed by atoms with Crippen LogP contribution < -0.4 is 4.90 Å². The number of nitro benzene ring substituents is 1. The SMILES string of the molecule is O=C(c1ccc([N+](=O)[O-])cc1)N1CCC(N2C=CN(c3cc4ccccc4[nH]3)C2)CC1. The van der Waals surface area contributed by atoms with Crippen molar-refractivity contribution < 1.29 is 9.72 Å². The van der Waals surface area contributed by atoms with Gasteiger partial charge in [-0.3, -0.25) is 14.9 Å². The molecule has 8 heteroatoms. The molecule has 0 radical (unpaired) electrons. The van der Waals surface area contributed by atoms with Crippen molar-refractivity contribution in [2.75, 3.05) is 24.7 Å². The minimum atomic E-state index is -0.456. The predicted octanol–water partition coefficient (Wildman–Crippen LogP) is 3.93. The number of piperidine rings is 1. The summed E-state index contributed by atoms with van der Waals surface area (Å²) in [5.74, 6) is 1.01. The molecule has 0 spiro atoms. The number of hydrogen-bond donors (Lipinski definition) is 1. The number of carbonyl (C=O) groups is 1. The summed E-state index contributed by atoms with van der Waals surface area (Å²) in [7, 11) is 0. The van der Waals surface area contributed by atoms with Gasteiger partial charge in [-0.1, -0.05) is 18.2 Å². The van der Waals surface area contributed by atoms with Gasteiger partial charge in [0.25, 0.3) is 11.6 Å². The van der Waals surface area contributed by atoms with Gasteiger partial charge >= 0.3 is 0 Å². The third-order valence-corrected chi connectivity index (χ3v) is 6.12. The number of likely N-dealkylation sites (tertiary alicyclic amines) is 1. The van der Waals surface area contributed by atoms with E-state index in [-0.39, 0.29) is 11.6 Å². The highest BCUT2D eigenvalue weighted by atomic mass is 16.6. The van der Waals surface area contributed by atoms with Gasteiger partial charge in [-0.05, 0) is 37.1 Å². The molecule has 2 aliphatic heterocycles. The predicted molar refractivity (Wildman–Crippen MR) is 119 cm³/mol. The lowest BCUT2D eigenvalue weighted by Crippen LogP contribution is -2.45. The van der Waals surface area contributed by atoms with E-state index in [1.807, 2.05) is 17.0 Å². The lowest BCUT2D eigenvalue weighted by Gasteiger charge is -2.37. The first-order valence-electron chi connectivity index (χ1n) is 10.4. The van der Waals surface area contributed by atoms with E-state index in [1.54, 1.807) is 0 Å². The molecule has 0 aliphatic carbocycles. The smallest absolute Gasteiger partial charge is 0.269 e. The van der Waals surface area contributed by atoms with Gasteiger partial charge in [0.2, 0.25) is 0 Å². The molecule has 2 aliphatic rings. The Balaban J connectivity index is 1.18. The molecule has 1 fully saturated rings. The molecule has 3 aromatic rings. The molecule has 2 aromatic carbocycles. The summed E-state index contributed by atoms with van der Waals surface area (Å²) in [5.41, 5.74) is 1.62. The minimum absolute atomic E-state index is 0.00408. The normalized spacial score (nSPS) is 17.0. The molecule has 1 N–H and O–H groups in total. The van der Waals surface area contributed by atoms with Gasteiger partial charge in [0, 0.05) is 60.1 Å². The largest absolute Gasteiger partial charge is 0.355 e.